The molecule has 0 amide bonds. The van der Waals surface area contributed by atoms with Crippen molar-refractivity contribution in [2.24, 2.45) is 0 Å². The van der Waals surface area contributed by atoms with Crippen LogP contribution < -0.4 is 10.6 Å². The molecule has 1 rings (SSSR count). The van der Waals surface area contributed by atoms with Gasteiger partial charge in [-0.25, -0.2) is 0 Å². The van der Waals surface area contributed by atoms with E-state index >= 15 is 0 Å². The number of aryl methyl sites for hydroxylation is 1. The van der Waals surface area contributed by atoms with Gasteiger partial charge in [0.15, 0.2) is 5.11 Å². The fourth-order valence-electron chi connectivity index (χ4n) is 1.44. The van der Waals surface area contributed by atoms with E-state index in [9.17, 15) is 0 Å². The summed E-state index contributed by atoms with van der Waals surface area (Å²) in [5.41, 5.74) is 2.32. The summed E-state index contributed by atoms with van der Waals surface area (Å²) in [6.45, 7) is 4.06. The summed E-state index contributed by atoms with van der Waals surface area (Å²) in [5, 5.41) is 7.10. The molecule has 0 saturated heterocycles. The van der Waals surface area contributed by atoms with Gasteiger partial charge < -0.3 is 15.5 Å². The van der Waals surface area contributed by atoms with Crippen molar-refractivity contribution in [2.75, 3.05) is 32.5 Å². The van der Waals surface area contributed by atoms with Crippen molar-refractivity contribution in [1.82, 2.24) is 10.2 Å². The van der Waals surface area contributed by atoms with E-state index in [1.165, 1.54) is 9.13 Å². The number of rotatable bonds is 5. The number of hydrogen-bond acceptors (Lipinski definition) is 2. The topological polar surface area (TPSA) is 27.3 Å². The normalized spacial score (nSPS) is 10.5. The van der Waals surface area contributed by atoms with Crippen LogP contribution in [-0.4, -0.2) is 37.2 Å². The Morgan fingerprint density at radius 1 is 1.39 bits per heavy atom. The van der Waals surface area contributed by atoms with Crippen LogP contribution in [0.3, 0.4) is 0 Å². The second-order valence-corrected chi connectivity index (χ2v) is 6.07. The molecule has 0 bridgehead atoms. The zero-order valence-electron chi connectivity index (χ0n) is 11.1. The summed E-state index contributed by atoms with van der Waals surface area (Å²) in [6, 6.07) is 6.24. The van der Waals surface area contributed by atoms with Gasteiger partial charge in [-0.15, -0.1) is 0 Å². The molecule has 5 heteroatoms. The van der Waals surface area contributed by atoms with Crippen molar-refractivity contribution in [3.63, 3.8) is 0 Å². The minimum atomic E-state index is 0.688. The maximum Gasteiger partial charge on any atom is 0.170 e. The molecule has 0 atom stereocenters. The highest BCUT2D eigenvalue weighted by molar-refractivity contribution is 14.1. The Hall–Kier alpha value is -0.400. The SMILES string of the molecule is Cc1ccc(NC(=S)NCCCN(C)C)cc1I. The molecule has 0 aliphatic carbocycles. The minimum Gasteiger partial charge on any atom is -0.362 e. The van der Waals surface area contributed by atoms with Crippen LogP contribution in [0.4, 0.5) is 5.69 Å². The maximum absolute atomic E-state index is 5.25. The lowest BCUT2D eigenvalue weighted by molar-refractivity contribution is 0.400. The summed E-state index contributed by atoms with van der Waals surface area (Å²) >= 11 is 7.58. The predicted molar refractivity (Wildman–Crippen MR) is 91.3 cm³/mol. The summed E-state index contributed by atoms with van der Waals surface area (Å²) in [4.78, 5) is 2.17. The molecule has 0 heterocycles. The first kappa shape index (κ1) is 15.7. The smallest absolute Gasteiger partial charge is 0.170 e. The van der Waals surface area contributed by atoms with Gasteiger partial charge in [0.1, 0.15) is 0 Å². The number of hydrogen-bond donors (Lipinski definition) is 2. The highest BCUT2D eigenvalue weighted by Crippen LogP contribution is 2.16. The van der Waals surface area contributed by atoms with Gasteiger partial charge in [0.2, 0.25) is 0 Å². The fraction of sp³-hybridized carbons (Fsp3) is 0.462. The van der Waals surface area contributed by atoms with Crippen molar-refractivity contribution < 1.29 is 0 Å². The zero-order chi connectivity index (χ0) is 13.5. The molecule has 0 aliphatic heterocycles. The van der Waals surface area contributed by atoms with Crippen LogP contribution in [0.1, 0.15) is 12.0 Å². The lowest BCUT2D eigenvalue weighted by Gasteiger charge is -2.13. The molecule has 3 nitrogen and oxygen atoms in total. The number of nitrogens with zero attached hydrogens (tertiary/aromatic N) is 1. The van der Waals surface area contributed by atoms with Crippen LogP contribution >= 0.6 is 34.8 Å². The predicted octanol–water partition coefficient (Wildman–Crippen LogP) is 2.84. The van der Waals surface area contributed by atoms with E-state index in [0.717, 1.165) is 25.2 Å². The largest absolute Gasteiger partial charge is 0.362 e. The molecule has 0 saturated carbocycles. The average Bonchev–Trinajstić information content (AvgIpc) is 2.29. The van der Waals surface area contributed by atoms with Crippen molar-refractivity contribution in [3.05, 3.63) is 27.3 Å². The third-order valence-corrected chi connectivity index (χ3v) is 3.91. The van der Waals surface area contributed by atoms with Gasteiger partial charge >= 0.3 is 0 Å². The lowest BCUT2D eigenvalue weighted by atomic mass is 10.2. The van der Waals surface area contributed by atoms with Gasteiger partial charge in [-0.2, -0.15) is 0 Å². The molecule has 100 valence electrons. The van der Waals surface area contributed by atoms with Crippen LogP contribution in [0.15, 0.2) is 18.2 Å². The standard InChI is InChI=1S/C13H20IN3S/c1-10-5-6-11(9-12(10)14)16-13(18)15-7-4-8-17(2)3/h5-6,9H,4,7-8H2,1-3H3,(H2,15,16,18). The number of anilines is 1. The van der Waals surface area contributed by atoms with Crippen molar-refractivity contribution in [3.8, 4) is 0 Å². The van der Waals surface area contributed by atoms with Crippen molar-refractivity contribution in [1.29, 1.82) is 0 Å². The lowest BCUT2D eigenvalue weighted by Crippen LogP contribution is -2.30. The Morgan fingerprint density at radius 2 is 2.11 bits per heavy atom. The zero-order valence-corrected chi connectivity index (χ0v) is 14.1. The molecular weight excluding hydrogens is 357 g/mol. The summed E-state index contributed by atoms with van der Waals surface area (Å²) in [5.74, 6) is 0. The number of thiocarbonyl (C=S) groups is 1. The fourth-order valence-corrected chi connectivity index (χ4v) is 2.18. The Balaban J connectivity index is 2.33. The molecule has 0 spiro atoms. The highest BCUT2D eigenvalue weighted by atomic mass is 127. The van der Waals surface area contributed by atoms with Crippen molar-refractivity contribution in [2.45, 2.75) is 13.3 Å². The molecule has 0 aromatic heterocycles. The molecule has 1 aromatic rings. The number of benzene rings is 1. The molecule has 18 heavy (non-hydrogen) atoms. The molecular formula is C13H20IN3S. The van der Waals surface area contributed by atoms with E-state index in [-0.39, 0.29) is 0 Å². The summed E-state index contributed by atoms with van der Waals surface area (Å²) < 4.78 is 1.24. The van der Waals surface area contributed by atoms with Crippen LogP contribution in [0, 0.1) is 10.5 Å². The van der Waals surface area contributed by atoms with Gasteiger partial charge in [-0.3, -0.25) is 0 Å². The van der Waals surface area contributed by atoms with Crippen LogP contribution in [-0.2, 0) is 0 Å². The highest BCUT2D eigenvalue weighted by Gasteiger charge is 2.00. The third kappa shape index (κ3) is 5.97. The molecule has 0 unspecified atom stereocenters. The Kier molecular flexibility index (Phi) is 6.88. The van der Waals surface area contributed by atoms with Gasteiger partial charge in [0.25, 0.3) is 0 Å². The van der Waals surface area contributed by atoms with E-state index in [1.54, 1.807) is 0 Å². The Morgan fingerprint density at radius 3 is 2.72 bits per heavy atom. The molecule has 0 fully saturated rings. The van der Waals surface area contributed by atoms with E-state index in [2.05, 4.69) is 71.3 Å². The number of nitrogens with one attached hydrogen (secondary N) is 2. The quantitative estimate of drug-likeness (QED) is 0.469. The third-order valence-electron chi connectivity index (χ3n) is 2.50. The second-order valence-electron chi connectivity index (χ2n) is 4.50. The summed E-state index contributed by atoms with van der Waals surface area (Å²) in [7, 11) is 4.15. The molecule has 2 N–H and O–H groups in total. The van der Waals surface area contributed by atoms with E-state index in [4.69, 9.17) is 12.2 Å². The molecule has 1 aromatic carbocycles. The Bertz CT molecular complexity index is 407. The Labute approximate surface area is 128 Å². The minimum absolute atomic E-state index is 0.688. The van der Waals surface area contributed by atoms with Crippen LogP contribution in [0.2, 0.25) is 0 Å². The van der Waals surface area contributed by atoms with Crippen LogP contribution in [0.25, 0.3) is 0 Å². The summed E-state index contributed by atoms with van der Waals surface area (Å²) in [6.07, 6.45) is 1.08. The van der Waals surface area contributed by atoms with Gasteiger partial charge in [-0.05, 0) is 86.5 Å². The van der Waals surface area contributed by atoms with E-state index in [0.29, 0.717) is 5.11 Å². The molecule has 0 aliphatic rings. The van der Waals surface area contributed by atoms with Gasteiger partial charge in [-0.1, -0.05) is 6.07 Å². The van der Waals surface area contributed by atoms with E-state index < -0.39 is 0 Å². The van der Waals surface area contributed by atoms with Gasteiger partial charge in [0, 0.05) is 15.8 Å². The first-order valence-corrected chi connectivity index (χ1v) is 7.43. The molecule has 0 radical (unpaired) electrons. The maximum atomic E-state index is 5.25. The van der Waals surface area contributed by atoms with Gasteiger partial charge in [0.05, 0.1) is 0 Å². The second kappa shape index (κ2) is 7.91. The van der Waals surface area contributed by atoms with E-state index in [1.807, 2.05) is 6.07 Å². The monoisotopic (exact) mass is 377 g/mol. The van der Waals surface area contributed by atoms with Crippen molar-refractivity contribution >= 4 is 45.6 Å². The first-order chi connectivity index (χ1) is 8.49. The first-order valence-electron chi connectivity index (χ1n) is 5.95. The van der Waals surface area contributed by atoms with Crippen LogP contribution in [0.5, 0.6) is 0 Å². The number of halogens is 1. The average molecular weight is 377 g/mol.